The highest BCUT2D eigenvalue weighted by Crippen LogP contribution is 2.19. The van der Waals surface area contributed by atoms with Gasteiger partial charge in [-0.3, -0.25) is 4.68 Å². The van der Waals surface area contributed by atoms with Crippen LogP contribution in [0.5, 0.6) is 5.75 Å². The van der Waals surface area contributed by atoms with Crippen LogP contribution < -0.4 is 10.5 Å². The van der Waals surface area contributed by atoms with E-state index in [1.165, 1.54) is 0 Å². The zero-order valence-electron chi connectivity index (χ0n) is 10.9. The second-order valence-corrected chi connectivity index (χ2v) is 4.20. The normalized spacial score (nSPS) is 10.6. The van der Waals surface area contributed by atoms with E-state index in [1.54, 1.807) is 0 Å². The molecule has 0 spiro atoms. The number of rotatable bonds is 5. The monoisotopic (exact) mass is 245 g/mol. The Kier molecular flexibility index (Phi) is 3.99. The summed E-state index contributed by atoms with van der Waals surface area (Å²) in [6.45, 7) is 5.97. The molecule has 0 bridgehead atoms. The topological polar surface area (TPSA) is 53.1 Å². The summed E-state index contributed by atoms with van der Waals surface area (Å²) < 4.78 is 7.74. The largest absolute Gasteiger partial charge is 0.488 e. The summed E-state index contributed by atoms with van der Waals surface area (Å²) in [7, 11) is 0. The molecule has 0 amide bonds. The molecule has 1 aromatic heterocycles. The molecule has 1 aromatic carbocycles. The predicted octanol–water partition coefficient (Wildman–Crippen LogP) is 2.25. The van der Waals surface area contributed by atoms with Gasteiger partial charge in [-0.25, -0.2) is 0 Å². The average molecular weight is 245 g/mol. The van der Waals surface area contributed by atoms with Crippen molar-refractivity contribution in [2.45, 2.75) is 33.5 Å². The molecule has 0 aliphatic heterocycles. The molecule has 4 heteroatoms. The van der Waals surface area contributed by atoms with E-state index in [0.717, 1.165) is 29.1 Å². The molecular weight excluding hydrogens is 226 g/mol. The zero-order chi connectivity index (χ0) is 13.0. The Bertz CT molecular complexity index is 520. The van der Waals surface area contributed by atoms with Crippen LogP contribution in [0.4, 0.5) is 0 Å². The van der Waals surface area contributed by atoms with Crippen LogP contribution in [0.25, 0.3) is 0 Å². The molecular formula is C14H19N3O. The first-order valence-corrected chi connectivity index (χ1v) is 6.18. The maximum atomic E-state index is 5.82. The summed E-state index contributed by atoms with van der Waals surface area (Å²) in [5, 5.41) is 4.40. The number of nitrogens with two attached hydrogens (primary N) is 1. The molecule has 0 aliphatic rings. The molecule has 0 fully saturated rings. The Hall–Kier alpha value is -1.81. The SMILES string of the molecule is CCn1cc(COc2ccccc2CN)c(C)n1. The average Bonchev–Trinajstić information content (AvgIpc) is 2.77. The van der Waals surface area contributed by atoms with Crippen molar-refractivity contribution in [1.29, 1.82) is 0 Å². The molecule has 0 radical (unpaired) electrons. The lowest BCUT2D eigenvalue weighted by Gasteiger charge is -2.09. The third kappa shape index (κ3) is 2.71. The maximum Gasteiger partial charge on any atom is 0.124 e. The Balaban J connectivity index is 2.08. The van der Waals surface area contributed by atoms with E-state index < -0.39 is 0 Å². The minimum absolute atomic E-state index is 0.489. The fourth-order valence-corrected chi connectivity index (χ4v) is 1.83. The quantitative estimate of drug-likeness (QED) is 0.879. The van der Waals surface area contributed by atoms with Crippen molar-refractivity contribution in [2.24, 2.45) is 5.73 Å². The van der Waals surface area contributed by atoms with Crippen molar-refractivity contribution in [2.75, 3.05) is 0 Å². The van der Waals surface area contributed by atoms with Crippen LogP contribution in [0.2, 0.25) is 0 Å². The number of nitrogens with zero attached hydrogens (tertiary/aromatic N) is 2. The molecule has 18 heavy (non-hydrogen) atoms. The van der Waals surface area contributed by atoms with Gasteiger partial charge in [-0.15, -0.1) is 0 Å². The van der Waals surface area contributed by atoms with Gasteiger partial charge in [-0.2, -0.15) is 5.10 Å². The van der Waals surface area contributed by atoms with E-state index in [0.29, 0.717) is 13.2 Å². The van der Waals surface area contributed by atoms with Gasteiger partial charge in [0.25, 0.3) is 0 Å². The smallest absolute Gasteiger partial charge is 0.124 e. The predicted molar refractivity (Wildman–Crippen MR) is 71.3 cm³/mol. The molecule has 4 nitrogen and oxygen atoms in total. The first kappa shape index (κ1) is 12.6. The van der Waals surface area contributed by atoms with Crippen molar-refractivity contribution in [3.63, 3.8) is 0 Å². The molecule has 0 unspecified atom stereocenters. The third-order valence-corrected chi connectivity index (χ3v) is 2.95. The number of hydrogen-bond acceptors (Lipinski definition) is 3. The molecule has 0 saturated carbocycles. The minimum Gasteiger partial charge on any atom is -0.488 e. The van der Waals surface area contributed by atoms with Crippen molar-refractivity contribution < 1.29 is 4.74 Å². The van der Waals surface area contributed by atoms with E-state index in [-0.39, 0.29) is 0 Å². The van der Waals surface area contributed by atoms with E-state index >= 15 is 0 Å². The standard InChI is InChI=1S/C14H19N3O/c1-3-17-9-13(11(2)16-17)10-18-14-7-5-4-6-12(14)8-15/h4-7,9H,3,8,10,15H2,1-2H3. The van der Waals surface area contributed by atoms with Gasteiger partial charge in [-0.1, -0.05) is 18.2 Å². The van der Waals surface area contributed by atoms with E-state index in [1.807, 2.05) is 42.1 Å². The zero-order valence-corrected chi connectivity index (χ0v) is 10.9. The fraction of sp³-hybridized carbons (Fsp3) is 0.357. The summed E-state index contributed by atoms with van der Waals surface area (Å²) in [5.74, 6) is 0.851. The Labute approximate surface area is 107 Å². The summed E-state index contributed by atoms with van der Waals surface area (Å²) in [6.07, 6.45) is 2.03. The van der Waals surface area contributed by atoms with Gasteiger partial charge < -0.3 is 10.5 Å². The van der Waals surface area contributed by atoms with Crippen LogP contribution in [-0.4, -0.2) is 9.78 Å². The number of hydrogen-bond donors (Lipinski definition) is 1. The van der Waals surface area contributed by atoms with Crippen LogP contribution in [0.3, 0.4) is 0 Å². The van der Waals surface area contributed by atoms with Gasteiger partial charge in [0.05, 0.1) is 5.69 Å². The molecule has 1 heterocycles. The van der Waals surface area contributed by atoms with Gasteiger partial charge in [-0.05, 0) is 19.9 Å². The van der Waals surface area contributed by atoms with Crippen LogP contribution in [-0.2, 0) is 19.7 Å². The highest BCUT2D eigenvalue weighted by Gasteiger charge is 2.06. The minimum atomic E-state index is 0.489. The number of aromatic nitrogens is 2. The second-order valence-electron chi connectivity index (χ2n) is 4.20. The van der Waals surface area contributed by atoms with Gasteiger partial charge in [0.15, 0.2) is 0 Å². The number of ether oxygens (including phenoxy) is 1. The van der Waals surface area contributed by atoms with Gasteiger partial charge in [0, 0.05) is 30.4 Å². The van der Waals surface area contributed by atoms with E-state index in [2.05, 4.69) is 12.0 Å². The molecule has 0 saturated heterocycles. The second kappa shape index (κ2) is 5.69. The molecule has 0 atom stereocenters. The van der Waals surface area contributed by atoms with Gasteiger partial charge in [0.2, 0.25) is 0 Å². The van der Waals surface area contributed by atoms with Crippen molar-refractivity contribution in [3.05, 3.63) is 47.3 Å². The van der Waals surface area contributed by atoms with Gasteiger partial charge >= 0.3 is 0 Å². The van der Waals surface area contributed by atoms with Crippen LogP contribution >= 0.6 is 0 Å². The first-order valence-electron chi connectivity index (χ1n) is 6.18. The van der Waals surface area contributed by atoms with Crippen molar-refractivity contribution >= 4 is 0 Å². The van der Waals surface area contributed by atoms with Crippen LogP contribution in [0, 0.1) is 6.92 Å². The molecule has 2 aromatic rings. The molecule has 96 valence electrons. The molecule has 0 aliphatic carbocycles. The number of benzene rings is 1. The summed E-state index contributed by atoms with van der Waals surface area (Å²) >= 11 is 0. The Morgan fingerprint density at radius 2 is 2.06 bits per heavy atom. The number of para-hydroxylation sites is 1. The highest BCUT2D eigenvalue weighted by atomic mass is 16.5. The fourth-order valence-electron chi connectivity index (χ4n) is 1.83. The third-order valence-electron chi connectivity index (χ3n) is 2.95. The Morgan fingerprint density at radius 1 is 1.28 bits per heavy atom. The van der Waals surface area contributed by atoms with Crippen molar-refractivity contribution in [1.82, 2.24) is 9.78 Å². The molecule has 2 N–H and O–H groups in total. The lowest BCUT2D eigenvalue weighted by Crippen LogP contribution is -2.02. The van der Waals surface area contributed by atoms with Crippen LogP contribution in [0.15, 0.2) is 30.5 Å². The number of aryl methyl sites for hydroxylation is 2. The lowest BCUT2D eigenvalue weighted by atomic mass is 10.2. The summed E-state index contributed by atoms with van der Waals surface area (Å²) in [4.78, 5) is 0. The highest BCUT2D eigenvalue weighted by molar-refractivity contribution is 5.33. The lowest BCUT2D eigenvalue weighted by molar-refractivity contribution is 0.302. The first-order chi connectivity index (χ1) is 8.74. The van der Waals surface area contributed by atoms with Crippen LogP contribution in [0.1, 0.15) is 23.7 Å². The van der Waals surface area contributed by atoms with E-state index in [9.17, 15) is 0 Å². The van der Waals surface area contributed by atoms with Crippen molar-refractivity contribution in [3.8, 4) is 5.75 Å². The summed E-state index contributed by atoms with van der Waals surface area (Å²) in [5.41, 5.74) is 8.83. The summed E-state index contributed by atoms with van der Waals surface area (Å²) in [6, 6.07) is 7.85. The maximum absolute atomic E-state index is 5.82. The van der Waals surface area contributed by atoms with Gasteiger partial charge in [0.1, 0.15) is 12.4 Å². The molecule has 2 rings (SSSR count). The Morgan fingerprint density at radius 3 is 2.72 bits per heavy atom. The van der Waals surface area contributed by atoms with E-state index in [4.69, 9.17) is 10.5 Å².